The Hall–Kier alpha value is -3.67. The molecule has 1 unspecified atom stereocenters. The smallest absolute Gasteiger partial charge is 0.411 e. The van der Waals surface area contributed by atoms with E-state index in [0.717, 1.165) is 11.1 Å². The van der Waals surface area contributed by atoms with Gasteiger partial charge in [0, 0.05) is 28.5 Å². The number of carbonyl (C=O) groups excluding carboxylic acids is 2. The maximum Gasteiger partial charge on any atom is 0.411 e. The van der Waals surface area contributed by atoms with E-state index in [4.69, 9.17) is 20.5 Å². The number of ether oxygens (including phenoxy) is 1. The molecule has 4 rings (SSSR count). The Kier molecular flexibility index (Phi) is 8.38. The van der Waals surface area contributed by atoms with Crippen molar-refractivity contribution < 1.29 is 31.3 Å². The molecule has 2 N–H and O–H groups in total. The van der Waals surface area contributed by atoms with Crippen LogP contribution < -0.4 is 10.6 Å². The van der Waals surface area contributed by atoms with Gasteiger partial charge in [-0.15, -0.1) is 0 Å². The summed E-state index contributed by atoms with van der Waals surface area (Å²) < 4.78 is 50.9. The second-order valence-electron chi connectivity index (χ2n) is 9.93. The minimum Gasteiger partial charge on any atom is -0.441 e. The summed E-state index contributed by atoms with van der Waals surface area (Å²) in [5.74, 6) is -0.630. The van der Waals surface area contributed by atoms with Gasteiger partial charge in [-0.25, -0.2) is 14.0 Å². The molecule has 1 fully saturated rings. The minimum absolute atomic E-state index is 0.0177. The van der Waals surface area contributed by atoms with Gasteiger partial charge in [-0.3, -0.25) is 9.08 Å². The fraction of sp³-hybridized carbons (Fsp3) is 0.286. The zero-order valence-electron chi connectivity index (χ0n) is 22.3. The summed E-state index contributed by atoms with van der Waals surface area (Å²) in [5, 5.41) is 5.91. The van der Waals surface area contributed by atoms with Gasteiger partial charge >= 0.3 is 12.1 Å². The van der Waals surface area contributed by atoms with Crippen LogP contribution in [0.1, 0.15) is 36.6 Å². The summed E-state index contributed by atoms with van der Waals surface area (Å²) in [4.78, 5) is 26.6. The van der Waals surface area contributed by atoms with Gasteiger partial charge in [-0.1, -0.05) is 29.3 Å². The standard InChI is InChI=1S/C28H29ClFN3O6S/c1-17-5-9-21(10-6-17)40(36,37)38-14-13-33-25(28(3,4)39-27(33)35)22-16-20(8-11-23(22)30)31-26(34)32-24-12-7-19(29)15-18(24)2/h5-12,15-16,25H,13-14H2,1-4H3,(H2,31,32,34). The molecule has 9 nitrogen and oxygen atoms in total. The fourth-order valence-electron chi connectivity index (χ4n) is 4.48. The predicted octanol–water partition coefficient (Wildman–Crippen LogP) is 6.42. The van der Waals surface area contributed by atoms with E-state index >= 15 is 4.39 Å². The number of rotatable bonds is 8. The Morgan fingerprint density at radius 3 is 2.45 bits per heavy atom. The third-order valence-electron chi connectivity index (χ3n) is 6.42. The number of hydrogen-bond donors (Lipinski definition) is 2. The number of halogens is 2. The highest BCUT2D eigenvalue weighted by Gasteiger charge is 2.49. The molecule has 3 amide bonds. The number of nitrogens with zero attached hydrogens (tertiary/aromatic N) is 1. The normalized spacial score (nSPS) is 16.5. The van der Waals surface area contributed by atoms with E-state index < -0.39 is 39.7 Å². The van der Waals surface area contributed by atoms with Crippen LogP contribution in [0.15, 0.2) is 65.6 Å². The Balaban J connectivity index is 1.51. The van der Waals surface area contributed by atoms with Crippen LogP contribution in [0.2, 0.25) is 5.02 Å². The molecule has 0 spiro atoms. The summed E-state index contributed by atoms with van der Waals surface area (Å²) >= 11 is 5.97. The van der Waals surface area contributed by atoms with E-state index in [-0.39, 0.29) is 29.3 Å². The molecular weight excluding hydrogens is 561 g/mol. The zero-order valence-corrected chi connectivity index (χ0v) is 23.9. The predicted molar refractivity (Wildman–Crippen MR) is 150 cm³/mol. The number of aryl methyl sites for hydroxylation is 2. The number of cyclic esters (lactones) is 1. The quantitative estimate of drug-likeness (QED) is 0.293. The van der Waals surface area contributed by atoms with Crippen molar-refractivity contribution in [2.45, 2.75) is 44.2 Å². The summed E-state index contributed by atoms with van der Waals surface area (Å²) in [6, 6.07) is 13.6. The number of amides is 3. The first-order valence-corrected chi connectivity index (χ1v) is 14.1. The van der Waals surface area contributed by atoms with Crippen LogP contribution in [0, 0.1) is 19.7 Å². The zero-order chi connectivity index (χ0) is 29.2. The topological polar surface area (TPSA) is 114 Å². The molecule has 212 valence electrons. The lowest BCUT2D eigenvalue weighted by molar-refractivity contribution is 0.0665. The lowest BCUT2D eigenvalue weighted by Crippen LogP contribution is -2.36. The molecule has 1 heterocycles. The number of hydrogen-bond acceptors (Lipinski definition) is 6. The van der Waals surface area contributed by atoms with Crippen molar-refractivity contribution in [1.29, 1.82) is 0 Å². The third kappa shape index (κ3) is 6.55. The SMILES string of the molecule is Cc1ccc(S(=O)(=O)OCCN2C(=O)OC(C)(C)C2c2cc(NC(=O)Nc3ccc(Cl)cc3C)ccc2F)cc1. The van der Waals surface area contributed by atoms with Crippen LogP contribution in [0.3, 0.4) is 0 Å². The average Bonchev–Trinajstić information content (AvgIpc) is 3.09. The molecular formula is C28H29ClFN3O6S. The Morgan fingerprint density at radius 2 is 1.77 bits per heavy atom. The molecule has 0 saturated carbocycles. The van der Waals surface area contributed by atoms with Crippen molar-refractivity contribution >= 4 is 45.2 Å². The molecule has 1 aliphatic heterocycles. The van der Waals surface area contributed by atoms with Crippen molar-refractivity contribution in [3.05, 3.63) is 88.2 Å². The van der Waals surface area contributed by atoms with E-state index in [0.29, 0.717) is 10.7 Å². The van der Waals surface area contributed by atoms with Gasteiger partial charge in [0.25, 0.3) is 10.1 Å². The second kappa shape index (κ2) is 11.4. The van der Waals surface area contributed by atoms with Gasteiger partial charge in [-0.05, 0) is 81.8 Å². The van der Waals surface area contributed by atoms with Crippen molar-refractivity contribution in [2.24, 2.45) is 0 Å². The first-order chi connectivity index (χ1) is 18.8. The van der Waals surface area contributed by atoms with E-state index in [1.165, 1.54) is 35.2 Å². The van der Waals surface area contributed by atoms with Crippen molar-refractivity contribution in [2.75, 3.05) is 23.8 Å². The van der Waals surface area contributed by atoms with E-state index in [9.17, 15) is 18.0 Å². The highest BCUT2D eigenvalue weighted by molar-refractivity contribution is 7.86. The third-order valence-corrected chi connectivity index (χ3v) is 7.98. The fourth-order valence-corrected chi connectivity index (χ4v) is 5.61. The van der Waals surface area contributed by atoms with Crippen LogP contribution in [0.25, 0.3) is 0 Å². The van der Waals surface area contributed by atoms with E-state index in [1.54, 1.807) is 51.1 Å². The number of nitrogens with one attached hydrogen (secondary N) is 2. The van der Waals surface area contributed by atoms with Crippen LogP contribution in [0.4, 0.5) is 25.4 Å². The molecule has 0 radical (unpaired) electrons. The average molecular weight is 590 g/mol. The molecule has 0 aromatic heterocycles. The Bertz CT molecular complexity index is 1550. The monoisotopic (exact) mass is 589 g/mol. The van der Waals surface area contributed by atoms with Gasteiger partial charge in [0.05, 0.1) is 11.5 Å². The maximum absolute atomic E-state index is 15.1. The van der Waals surface area contributed by atoms with Gasteiger partial charge in [0.2, 0.25) is 0 Å². The maximum atomic E-state index is 15.1. The summed E-state index contributed by atoms with van der Waals surface area (Å²) in [5.41, 5.74) is 1.38. The number of anilines is 2. The molecule has 1 atom stereocenters. The summed E-state index contributed by atoms with van der Waals surface area (Å²) in [7, 11) is -4.07. The van der Waals surface area contributed by atoms with Gasteiger partial charge in [0.15, 0.2) is 0 Å². The number of carbonyl (C=O) groups is 2. The van der Waals surface area contributed by atoms with Crippen molar-refractivity contribution in [1.82, 2.24) is 4.90 Å². The number of benzene rings is 3. The van der Waals surface area contributed by atoms with Gasteiger partial charge in [-0.2, -0.15) is 8.42 Å². The Morgan fingerprint density at radius 1 is 1.07 bits per heavy atom. The largest absolute Gasteiger partial charge is 0.441 e. The first kappa shape index (κ1) is 29.3. The van der Waals surface area contributed by atoms with Gasteiger partial charge < -0.3 is 15.4 Å². The molecule has 12 heteroatoms. The summed E-state index contributed by atoms with van der Waals surface area (Å²) in [6.45, 7) is 6.30. The van der Waals surface area contributed by atoms with E-state index in [1.807, 2.05) is 6.92 Å². The molecule has 3 aromatic rings. The number of urea groups is 1. The molecule has 0 aliphatic carbocycles. The molecule has 1 saturated heterocycles. The van der Waals surface area contributed by atoms with Crippen LogP contribution in [-0.4, -0.2) is 44.2 Å². The molecule has 3 aromatic carbocycles. The molecule has 0 bridgehead atoms. The highest BCUT2D eigenvalue weighted by atomic mass is 35.5. The lowest BCUT2D eigenvalue weighted by Gasteiger charge is -2.29. The Labute approximate surface area is 237 Å². The first-order valence-electron chi connectivity index (χ1n) is 12.4. The van der Waals surface area contributed by atoms with Crippen LogP contribution in [0.5, 0.6) is 0 Å². The lowest BCUT2D eigenvalue weighted by atomic mass is 9.91. The van der Waals surface area contributed by atoms with E-state index in [2.05, 4.69) is 10.6 Å². The molecule has 40 heavy (non-hydrogen) atoms. The summed E-state index contributed by atoms with van der Waals surface area (Å²) in [6.07, 6.45) is -0.750. The van der Waals surface area contributed by atoms with Crippen LogP contribution >= 0.6 is 11.6 Å². The van der Waals surface area contributed by atoms with Crippen LogP contribution in [-0.2, 0) is 19.0 Å². The second-order valence-corrected chi connectivity index (χ2v) is 12.0. The van der Waals surface area contributed by atoms with Crippen molar-refractivity contribution in [3.8, 4) is 0 Å². The van der Waals surface area contributed by atoms with Gasteiger partial charge in [0.1, 0.15) is 17.5 Å². The molecule has 1 aliphatic rings. The minimum atomic E-state index is -4.07. The highest BCUT2D eigenvalue weighted by Crippen LogP contribution is 2.42. The van der Waals surface area contributed by atoms with Crippen molar-refractivity contribution in [3.63, 3.8) is 0 Å².